The fraction of sp³-hybridized carbons (Fsp3) is 0.273. The van der Waals surface area contributed by atoms with Crippen molar-refractivity contribution in [1.82, 2.24) is 4.90 Å². The molecule has 2 aromatic carbocycles. The number of hydrogen-bond acceptors (Lipinski definition) is 8. The molecule has 4 rings (SSSR count). The van der Waals surface area contributed by atoms with Crippen molar-refractivity contribution in [2.75, 3.05) is 44.4 Å². The van der Waals surface area contributed by atoms with Crippen LogP contribution >= 0.6 is 23.4 Å². The van der Waals surface area contributed by atoms with E-state index in [0.29, 0.717) is 42.6 Å². The Hall–Kier alpha value is -3.08. The molecule has 0 N–H and O–H groups in total. The smallest absolute Gasteiger partial charge is 0.293 e. The summed E-state index contributed by atoms with van der Waals surface area (Å²) >= 11 is 6.86. The quantitative estimate of drug-likeness (QED) is 0.324. The highest BCUT2D eigenvalue weighted by atomic mass is 35.5. The maximum atomic E-state index is 12.9. The Balaban J connectivity index is 1.53. The lowest BCUT2D eigenvalue weighted by Gasteiger charge is -2.30. The number of anilines is 1. The largest absolute Gasteiger partial charge is 0.490 e. The minimum absolute atomic E-state index is 0.0541. The minimum atomic E-state index is -0.488. The zero-order chi connectivity index (χ0) is 23.4. The number of halogens is 1. The lowest BCUT2D eigenvalue weighted by molar-refractivity contribution is -0.384. The molecule has 0 unspecified atom stereocenters. The molecule has 0 bridgehead atoms. The number of amides is 2. The van der Waals surface area contributed by atoms with Gasteiger partial charge < -0.3 is 14.4 Å². The van der Waals surface area contributed by atoms with Gasteiger partial charge in [-0.25, -0.2) is 0 Å². The van der Waals surface area contributed by atoms with Crippen LogP contribution in [0, 0.1) is 10.1 Å². The number of carbonyl (C=O) groups excluding carboxylic acids is 2. The predicted octanol–water partition coefficient (Wildman–Crippen LogP) is 4.20. The average Bonchev–Trinajstić information content (AvgIpc) is 3.08. The van der Waals surface area contributed by atoms with Crippen molar-refractivity contribution in [3.8, 4) is 5.75 Å². The van der Waals surface area contributed by atoms with Crippen molar-refractivity contribution in [3.63, 3.8) is 0 Å². The van der Waals surface area contributed by atoms with E-state index in [0.717, 1.165) is 22.3 Å². The van der Waals surface area contributed by atoms with Gasteiger partial charge in [-0.1, -0.05) is 23.7 Å². The van der Waals surface area contributed by atoms with Crippen LogP contribution in [0.2, 0.25) is 5.02 Å². The number of hydrogen-bond donors (Lipinski definition) is 0. The Morgan fingerprint density at radius 2 is 1.94 bits per heavy atom. The van der Waals surface area contributed by atoms with Gasteiger partial charge in [0.2, 0.25) is 0 Å². The summed E-state index contributed by atoms with van der Waals surface area (Å²) in [6.45, 7) is 2.47. The minimum Gasteiger partial charge on any atom is -0.490 e. The Morgan fingerprint density at radius 3 is 2.67 bits per heavy atom. The predicted molar refractivity (Wildman–Crippen MR) is 126 cm³/mol. The van der Waals surface area contributed by atoms with Gasteiger partial charge in [-0.2, -0.15) is 0 Å². The highest BCUT2D eigenvalue weighted by molar-refractivity contribution is 8.18. The Morgan fingerprint density at radius 1 is 1.18 bits per heavy atom. The number of carbonyl (C=O) groups is 2. The van der Waals surface area contributed by atoms with Gasteiger partial charge in [-0.15, -0.1) is 0 Å². The summed E-state index contributed by atoms with van der Waals surface area (Å²) in [6.07, 6.45) is 1.54. The number of thioether (sulfide) groups is 1. The number of morpholine rings is 1. The van der Waals surface area contributed by atoms with Crippen molar-refractivity contribution in [2.24, 2.45) is 0 Å². The lowest BCUT2D eigenvalue weighted by Crippen LogP contribution is -2.36. The summed E-state index contributed by atoms with van der Waals surface area (Å²) in [5.41, 5.74) is 1.16. The molecule has 0 saturated carbocycles. The molecule has 2 saturated heterocycles. The SMILES string of the molecule is O=C1S/C(=C\c2cc([N+](=O)[O-])ccc2N2CCOCC2)C(=O)N1CCOc1ccccc1Cl. The lowest BCUT2D eigenvalue weighted by atomic mass is 10.1. The monoisotopic (exact) mass is 489 g/mol. The third kappa shape index (κ3) is 5.29. The van der Waals surface area contributed by atoms with E-state index < -0.39 is 16.1 Å². The van der Waals surface area contributed by atoms with Crippen LogP contribution in [0.4, 0.5) is 16.2 Å². The van der Waals surface area contributed by atoms with Crippen LogP contribution in [0.25, 0.3) is 6.08 Å². The number of non-ortho nitro benzene ring substituents is 1. The Bertz CT molecular complexity index is 1120. The van der Waals surface area contributed by atoms with Gasteiger partial charge in [0, 0.05) is 36.5 Å². The standard InChI is InChI=1S/C22H20ClN3O6S/c23-17-3-1-2-4-19(17)32-12-9-25-21(27)20(33-22(25)28)14-15-13-16(26(29)30)5-6-18(15)24-7-10-31-11-8-24/h1-6,13-14H,7-12H2/b20-14-. The maximum absolute atomic E-state index is 12.9. The van der Waals surface area contributed by atoms with Gasteiger partial charge in [-0.3, -0.25) is 24.6 Å². The van der Waals surface area contributed by atoms with Crippen LogP contribution in [0.15, 0.2) is 47.4 Å². The van der Waals surface area contributed by atoms with Crippen molar-refractivity contribution in [1.29, 1.82) is 0 Å². The Labute approximate surface area is 199 Å². The van der Waals surface area contributed by atoms with E-state index in [-0.39, 0.29) is 23.7 Å². The topological polar surface area (TPSA) is 102 Å². The summed E-state index contributed by atoms with van der Waals surface area (Å²) in [4.78, 5) is 39.5. The number of nitro benzene ring substituents is 1. The van der Waals surface area contributed by atoms with Crippen LogP contribution in [0.1, 0.15) is 5.56 Å². The van der Waals surface area contributed by atoms with Gasteiger partial charge >= 0.3 is 0 Å². The van der Waals surface area contributed by atoms with Crippen molar-refractivity contribution in [3.05, 3.63) is 68.1 Å². The highest BCUT2D eigenvalue weighted by Gasteiger charge is 2.35. The maximum Gasteiger partial charge on any atom is 0.293 e. The summed E-state index contributed by atoms with van der Waals surface area (Å²) in [6, 6.07) is 11.4. The Kier molecular flexibility index (Phi) is 7.17. The number of nitro groups is 1. The van der Waals surface area contributed by atoms with Crippen LogP contribution in [-0.2, 0) is 9.53 Å². The van der Waals surface area contributed by atoms with Gasteiger partial charge in [-0.05, 0) is 36.0 Å². The van der Waals surface area contributed by atoms with Crippen molar-refractivity contribution in [2.45, 2.75) is 0 Å². The molecule has 33 heavy (non-hydrogen) atoms. The summed E-state index contributed by atoms with van der Waals surface area (Å²) < 4.78 is 11.0. The molecule has 9 nitrogen and oxygen atoms in total. The zero-order valence-corrected chi connectivity index (χ0v) is 19.0. The highest BCUT2D eigenvalue weighted by Crippen LogP contribution is 2.35. The number of imide groups is 1. The fourth-order valence-corrected chi connectivity index (χ4v) is 4.55. The molecule has 0 aliphatic carbocycles. The van der Waals surface area contributed by atoms with Gasteiger partial charge in [0.05, 0.1) is 34.6 Å². The first-order valence-electron chi connectivity index (χ1n) is 10.2. The molecule has 2 fully saturated rings. The van der Waals surface area contributed by atoms with Gasteiger partial charge in [0.1, 0.15) is 12.4 Å². The molecule has 2 aliphatic rings. The van der Waals surface area contributed by atoms with E-state index in [1.807, 2.05) is 4.90 Å². The molecule has 0 aromatic heterocycles. The van der Waals surface area contributed by atoms with Gasteiger partial charge in [0.25, 0.3) is 16.8 Å². The first kappa shape index (κ1) is 23.1. The van der Waals surface area contributed by atoms with Crippen molar-refractivity contribution < 1.29 is 24.0 Å². The molecule has 172 valence electrons. The molecule has 0 radical (unpaired) electrons. The molecule has 11 heteroatoms. The van der Waals surface area contributed by atoms with E-state index in [9.17, 15) is 19.7 Å². The molecule has 2 aliphatic heterocycles. The first-order chi connectivity index (χ1) is 15.9. The third-order valence-electron chi connectivity index (χ3n) is 5.14. The van der Waals surface area contributed by atoms with Crippen LogP contribution in [-0.4, -0.2) is 60.4 Å². The molecule has 0 spiro atoms. The molecular weight excluding hydrogens is 470 g/mol. The summed E-state index contributed by atoms with van der Waals surface area (Å²) in [5, 5.41) is 11.3. The first-order valence-corrected chi connectivity index (χ1v) is 11.4. The second kappa shape index (κ2) is 10.2. The molecule has 2 heterocycles. The van der Waals surface area contributed by atoms with E-state index in [2.05, 4.69) is 0 Å². The molecule has 0 atom stereocenters. The van der Waals surface area contributed by atoms with Crippen molar-refractivity contribution >= 4 is 52.0 Å². The van der Waals surface area contributed by atoms with Gasteiger partial charge in [0.15, 0.2) is 0 Å². The molecule has 2 amide bonds. The summed E-state index contributed by atoms with van der Waals surface area (Å²) in [7, 11) is 0. The fourth-order valence-electron chi connectivity index (χ4n) is 3.51. The number of rotatable bonds is 7. The number of para-hydroxylation sites is 1. The normalized spacial score (nSPS) is 17.7. The second-order valence-electron chi connectivity index (χ2n) is 7.21. The molecular formula is C22H20ClN3O6S. The van der Waals surface area contributed by atoms with E-state index in [1.165, 1.54) is 18.2 Å². The van der Waals surface area contributed by atoms with Crippen LogP contribution in [0.5, 0.6) is 5.75 Å². The van der Waals surface area contributed by atoms with Crippen LogP contribution in [0.3, 0.4) is 0 Å². The van der Waals surface area contributed by atoms with E-state index in [4.69, 9.17) is 21.1 Å². The zero-order valence-electron chi connectivity index (χ0n) is 17.4. The van der Waals surface area contributed by atoms with Crippen LogP contribution < -0.4 is 9.64 Å². The molecule has 2 aromatic rings. The number of nitrogens with zero attached hydrogens (tertiary/aromatic N) is 3. The average molecular weight is 490 g/mol. The van der Waals surface area contributed by atoms with E-state index in [1.54, 1.807) is 30.3 Å². The van der Waals surface area contributed by atoms with E-state index >= 15 is 0 Å². The number of benzene rings is 2. The summed E-state index contributed by atoms with van der Waals surface area (Å²) in [5.74, 6) is 0.000574. The second-order valence-corrected chi connectivity index (χ2v) is 8.61. The number of ether oxygens (including phenoxy) is 2. The third-order valence-corrected chi connectivity index (χ3v) is 6.36.